The van der Waals surface area contributed by atoms with E-state index < -0.39 is 0 Å². The van der Waals surface area contributed by atoms with Gasteiger partial charge in [0.1, 0.15) is 12.3 Å². The molecule has 1 aliphatic rings. The summed E-state index contributed by atoms with van der Waals surface area (Å²) in [5.41, 5.74) is 2.92. The molecule has 0 atom stereocenters. The molecule has 1 aliphatic heterocycles. The van der Waals surface area contributed by atoms with E-state index >= 15 is 0 Å². The van der Waals surface area contributed by atoms with Gasteiger partial charge in [0, 0.05) is 31.9 Å². The SMILES string of the molecule is COc1ccc(N2CCN(CC(=O)N(Cc3ccccc3)Cc3ccccc3)C2=O)cc1. The molecule has 0 N–H and O–H groups in total. The molecule has 3 aromatic carbocycles. The Morgan fingerprint density at radius 1 is 0.844 bits per heavy atom. The normalized spacial score (nSPS) is 13.3. The summed E-state index contributed by atoms with van der Waals surface area (Å²) >= 11 is 0. The van der Waals surface area contributed by atoms with Crippen molar-refractivity contribution in [1.29, 1.82) is 0 Å². The highest BCUT2D eigenvalue weighted by Crippen LogP contribution is 2.23. The lowest BCUT2D eigenvalue weighted by Crippen LogP contribution is -2.41. The Morgan fingerprint density at radius 2 is 1.41 bits per heavy atom. The Labute approximate surface area is 188 Å². The Kier molecular flexibility index (Phi) is 6.70. The highest BCUT2D eigenvalue weighted by Gasteiger charge is 2.32. The molecule has 0 radical (unpaired) electrons. The van der Waals surface area contributed by atoms with Crippen LogP contribution in [0, 0.1) is 0 Å². The van der Waals surface area contributed by atoms with Crippen LogP contribution >= 0.6 is 0 Å². The van der Waals surface area contributed by atoms with Gasteiger partial charge in [0.25, 0.3) is 0 Å². The number of benzene rings is 3. The zero-order chi connectivity index (χ0) is 22.3. The van der Waals surface area contributed by atoms with Crippen LogP contribution in [0.1, 0.15) is 11.1 Å². The minimum atomic E-state index is -0.150. The van der Waals surface area contributed by atoms with Crippen molar-refractivity contribution in [3.63, 3.8) is 0 Å². The van der Waals surface area contributed by atoms with Crippen molar-refractivity contribution in [3.8, 4) is 5.75 Å². The molecular weight excluding hydrogens is 402 g/mol. The summed E-state index contributed by atoms with van der Waals surface area (Å²) < 4.78 is 5.19. The number of anilines is 1. The fourth-order valence-corrected chi connectivity index (χ4v) is 3.83. The van der Waals surface area contributed by atoms with Gasteiger partial charge in [-0.1, -0.05) is 60.7 Å². The molecule has 1 fully saturated rings. The van der Waals surface area contributed by atoms with Crippen molar-refractivity contribution >= 4 is 17.6 Å². The lowest BCUT2D eigenvalue weighted by Gasteiger charge is -2.26. The molecule has 0 aromatic heterocycles. The average Bonchev–Trinajstić information content (AvgIpc) is 3.20. The predicted molar refractivity (Wildman–Crippen MR) is 124 cm³/mol. The number of nitrogens with zero attached hydrogens (tertiary/aromatic N) is 3. The number of ether oxygens (including phenoxy) is 1. The molecule has 164 valence electrons. The van der Waals surface area contributed by atoms with Crippen LogP contribution in [-0.4, -0.2) is 48.5 Å². The fourth-order valence-electron chi connectivity index (χ4n) is 3.83. The van der Waals surface area contributed by atoms with E-state index in [-0.39, 0.29) is 18.5 Å². The first kappa shape index (κ1) is 21.4. The number of hydrogen-bond acceptors (Lipinski definition) is 3. The molecule has 1 heterocycles. The van der Waals surface area contributed by atoms with Crippen LogP contribution in [0.3, 0.4) is 0 Å². The second kappa shape index (κ2) is 10.0. The van der Waals surface area contributed by atoms with Gasteiger partial charge in [-0.3, -0.25) is 9.69 Å². The molecule has 6 nitrogen and oxygen atoms in total. The maximum absolute atomic E-state index is 13.3. The van der Waals surface area contributed by atoms with Gasteiger partial charge >= 0.3 is 6.03 Å². The molecular formula is C26H27N3O3. The van der Waals surface area contributed by atoms with Gasteiger partial charge in [-0.15, -0.1) is 0 Å². The van der Waals surface area contributed by atoms with Gasteiger partial charge in [0.05, 0.1) is 7.11 Å². The molecule has 0 spiro atoms. The van der Waals surface area contributed by atoms with Crippen LogP contribution in [-0.2, 0) is 17.9 Å². The number of amides is 3. The van der Waals surface area contributed by atoms with Crippen LogP contribution in [0.15, 0.2) is 84.9 Å². The Hall–Kier alpha value is -3.80. The first-order valence-corrected chi connectivity index (χ1v) is 10.7. The zero-order valence-corrected chi connectivity index (χ0v) is 18.2. The number of hydrogen-bond donors (Lipinski definition) is 0. The van der Waals surface area contributed by atoms with Crippen LogP contribution in [0.5, 0.6) is 5.75 Å². The van der Waals surface area contributed by atoms with Crippen molar-refractivity contribution in [2.24, 2.45) is 0 Å². The highest BCUT2D eigenvalue weighted by atomic mass is 16.5. The Bertz CT molecular complexity index is 997. The van der Waals surface area contributed by atoms with E-state index in [1.807, 2.05) is 89.8 Å². The summed E-state index contributed by atoms with van der Waals surface area (Å²) in [5, 5.41) is 0. The third-order valence-corrected chi connectivity index (χ3v) is 5.59. The molecule has 1 saturated heterocycles. The van der Waals surface area contributed by atoms with Crippen LogP contribution in [0.2, 0.25) is 0 Å². The lowest BCUT2D eigenvalue weighted by atomic mass is 10.1. The smallest absolute Gasteiger partial charge is 0.325 e. The minimum absolute atomic E-state index is 0.0607. The van der Waals surface area contributed by atoms with Crippen molar-refractivity contribution < 1.29 is 14.3 Å². The Morgan fingerprint density at radius 3 is 1.94 bits per heavy atom. The van der Waals surface area contributed by atoms with E-state index in [1.165, 1.54) is 0 Å². The Balaban J connectivity index is 1.45. The van der Waals surface area contributed by atoms with Gasteiger partial charge < -0.3 is 14.5 Å². The van der Waals surface area contributed by atoms with Gasteiger partial charge in [-0.2, -0.15) is 0 Å². The summed E-state index contributed by atoms with van der Waals surface area (Å²) in [7, 11) is 1.61. The maximum atomic E-state index is 13.3. The molecule has 0 unspecified atom stereocenters. The summed E-state index contributed by atoms with van der Waals surface area (Å²) in [5.74, 6) is 0.674. The quantitative estimate of drug-likeness (QED) is 0.540. The van der Waals surface area contributed by atoms with Crippen molar-refractivity contribution in [1.82, 2.24) is 9.80 Å². The molecule has 0 saturated carbocycles. The molecule has 4 rings (SSSR count). The largest absolute Gasteiger partial charge is 0.497 e. The van der Waals surface area contributed by atoms with E-state index in [0.29, 0.717) is 26.2 Å². The van der Waals surface area contributed by atoms with E-state index in [2.05, 4.69) is 0 Å². The predicted octanol–water partition coefficient (Wildman–Crippen LogP) is 4.17. The second-order valence-electron chi connectivity index (χ2n) is 7.77. The van der Waals surface area contributed by atoms with Gasteiger partial charge in [0.15, 0.2) is 0 Å². The zero-order valence-electron chi connectivity index (χ0n) is 18.2. The van der Waals surface area contributed by atoms with E-state index in [9.17, 15) is 9.59 Å². The third-order valence-electron chi connectivity index (χ3n) is 5.59. The summed E-state index contributed by atoms with van der Waals surface area (Å²) in [6.07, 6.45) is 0. The molecule has 3 amide bonds. The number of methoxy groups -OCH3 is 1. The third kappa shape index (κ3) is 5.09. The summed E-state index contributed by atoms with van der Waals surface area (Å²) in [6, 6.07) is 27.1. The lowest BCUT2D eigenvalue weighted by molar-refractivity contribution is -0.132. The van der Waals surface area contributed by atoms with Gasteiger partial charge in [-0.05, 0) is 35.4 Å². The van der Waals surface area contributed by atoms with Crippen molar-refractivity contribution in [2.45, 2.75) is 13.1 Å². The van der Waals surface area contributed by atoms with E-state index in [1.54, 1.807) is 16.9 Å². The standard InChI is InChI=1S/C26H27N3O3/c1-32-24-14-12-23(13-15-24)29-17-16-27(26(29)31)20-25(30)28(18-21-8-4-2-5-9-21)19-22-10-6-3-7-11-22/h2-15H,16-20H2,1H3. The van der Waals surface area contributed by atoms with Gasteiger partial charge in [0.2, 0.25) is 5.91 Å². The summed E-state index contributed by atoms with van der Waals surface area (Å²) in [6.45, 7) is 2.12. The molecule has 32 heavy (non-hydrogen) atoms. The van der Waals surface area contributed by atoms with E-state index in [0.717, 1.165) is 22.6 Å². The number of urea groups is 1. The van der Waals surface area contributed by atoms with Crippen LogP contribution < -0.4 is 9.64 Å². The maximum Gasteiger partial charge on any atom is 0.325 e. The first-order chi connectivity index (χ1) is 15.6. The number of carbonyl (C=O) groups excluding carboxylic acids is 2. The molecule has 6 heteroatoms. The second-order valence-corrected chi connectivity index (χ2v) is 7.77. The monoisotopic (exact) mass is 429 g/mol. The fraction of sp³-hybridized carbons (Fsp3) is 0.231. The number of rotatable bonds is 8. The number of carbonyl (C=O) groups is 2. The first-order valence-electron chi connectivity index (χ1n) is 10.7. The van der Waals surface area contributed by atoms with Crippen molar-refractivity contribution in [2.75, 3.05) is 31.6 Å². The highest BCUT2D eigenvalue weighted by molar-refractivity contribution is 5.96. The minimum Gasteiger partial charge on any atom is -0.497 e. The van der Waals surface area contributed by atoms with Crippen molar-refractivity contribution in [3.05, 3.63) is 96.1 Å². The topological polar surface area (TPSA) is 53.1 Å². The average molecular weight is 430 g/mol. The van der Waals surface area contributed by atoms with Crippen LogP contribution in [0.25, 0.3) is 0 Å². The molecule has 3 aromatic rings. The van der Waals surface area contributed by atoms with E-state index in [4.69, 9.17) is 4.74 Å². The summed E-state index contributed by atoms with van der Waals surface area (Å²) in [4.78, 5) is 31.4. The molecule has 0 bridgehead atoms. The van der Waals surface area contributed by atoms with Crippen LogP contribution in [0.4, 0.5) is 10.5 Å². The molecule has 0 aliphatic carbocycles. The van der Waals surface area contributed by atoms with Gasteiger partial charge in [-0.25, -0.2) is 4.79 Å².